The predicted octanol–water partition coefficient (Wildman–Crippen LogP) is -5.39. The molecule has 0 aliphatic rings. The van der Waals surface area contributed by atoms with Crippen molar-refractivity contribution >= 4 is 35.7 Å². The molecule has 2 amide bonds. The molecule has 0 radical (unpaired) electrons. The van der Waals surface area contributed by atoms with Crippen LogP contribution >= 0.6 is 0 Å². The number of carbonyl (C=O) groups excluding carboxylic acids is 2. The smallest absolute Gasteiger partial charge is 0.321 e. The van der Waals surface area contributed by atoms with E-state index >= 15 is 0 Å². The number of primary amides is 2. The fourth-order valence-corrected chi connectivity index (χ4v) is 0.608. The van der Waals surface area contributed by atoms with Crippen LogP contribution in [0.5, 0.6) is 0 Å². The van der Waals surface area contributed by atoms with Crippen molar-refractivity contribution in [3.05, 3.63) is 0 Å². The molecular weight excluding hydrogens is 388 g/mol. The average molecular weight is 414 g/mol. The van der Waals surface area contributed by atoms with Crippen LogP contribution < -0.4 is 34.4 Å². The summed E-state index contributed by atoms with van der Waals surface area (Å²) in [5.74, 6) is -5.77. The van der Waals surface area contributed by atoms with Crippen molar-refractivity contribution in [2.75, 3.05) is 13.1 Å². The van der Waals surface area contributed by atoms with Gasteiger partial charge in [-0.1, -0.05) is 0 Å². The van der Waals surface area contributed by atoms with Gasteiger partial charge in [0.05, 0.1) is 25.9 Å². The van der Waals surface area contributed by atoms with Crippen LogP contribution in [0.15, 0.2) is 0 Å². The Bertz CT molecular complexity index is 481. The molecule has 16 N–H and O–H groups in total. The number of aliphatic carboxylic acids is 4. The number of rotatable bonds is 8. The maximum atomic E-state index is 9.99. The van der Waals surface area contributed by atoms with Crippen molar-refractivity contribution in [2.45, 2.75) is 24.9 Å². The van der Waals surface area contributed by atoms with Crippen molar-refractivity contribution in [2.24, 2.45) is 34.4 Å². The summed E-state index contributed by atoms with van der Waals surface area (Å²) in [5, 5.41) is 31.4. The number of hydrogen-bond acceptors (Lipinski definition) is 10. The summed E-state index contributed by atoms with van der Waals surface area (Å²) < 4.78 is 0. The first-order valence-electron chi connectivity index (χ1n) is 6.99. The Labute approximate surface area is 158 Å². The molecule has 16 nitrogen and oxygen atoms in total. The van der Waals surface area contributed by atoms with Crippen molar-refractivity contribution in [3.8, 4) is 0 Å². The van der Waals surface area contributed by atoms with Crippen molar-refractivity contribution in [1.82, 2.24) is 0 Å². The van der Waals surface area contributed by atoms with Crippen LogP contribution in [0.1, 0.15) is 12.8 Å². The second-order valence-corrected chi connectivity index (χ2v) is 4.43. The van der Waals surface area contributed by atoms with Crippen LogP contribution in [0.25, 0.3) is 0 Å². The Morgan fingerprint density at radius 2 is 0.786 bits per heavy atom. The minimum Gasteiger partial charge on any atom is -0.480 e. The van der Waals surface area contributed by atoms with E-state index in [0.717, 1.165) is 0 Å². The summed E-state index contributed by atoms with van der Waals surface area (Å²) in [5.41, 5.74) is 28.3. The van der Waals surface area contributed by atoms with E-state index in [0.29, 0.717) is 0 Å². The van der Waals surface area contributed by atoms with Crippen LogP contribution in [-0.2, 0) is 28.8 Å². The van der Waals surface area contributed by atoms with Crippen molar-refractivity contribution in [3.63, 3.8) is 0 Å². The van der Waals surface area contributed by atoms with Crippen LogP contribution in [0.3, 0.4) is 0 Å². The Balaban J connectivity index is -0.000000143. The Hall–Kier alpha value is -3.34. The molecule has 0 saturated heterocycles. The predicted molar refractivity (Wildman–Crippen MR) is 92.2 cm³/mol. The standard InChI is InChI=1S/2C4H8N2O3.2C2H5NO2/c2*5-2(4(8)9)1-3(6)7;2*3-1-2(4)5/h2*2H,1,5H2,(H2,6,7)(H,8,9);2*1,3H2,(H,4,5)/t2*2-;;/m00../s1. The summed E-state index contributed by atoms with van der Waals surface area (Å²) in [6.45, 7) is -0.556. The largest absolute Gasteiger partial charge is 0.480 e. The van der Waals surface area contributed by atoms with Crippen molar-refractivity contribution in [1.29, 1.82) is 0 Å². The average Bonchev–Trinajstić information content (AvgIpc) is 2.55. The summed E-state index contributed by atoms with van der Waals surface area (Å²) in [6.07, 6.45) is -0.620. The minimum atomic E-state index is -1.21. The van der Waals surface area contributed by atoms with Gasteiger partial charge in [0.15, 0.2) is 0 Å². The first kappa shape index (κ1) is 32.3. The molecule has 0 spiro atoms. The van der Waals surface area contributed by atoms with E-state index in [1.54, 1.807) is 0 Å². The van der Waals surface area contributed by atoms with Crippen LogP contribution in [0.2, 0.25) is 0 Å². The maximum Gasteiger partial charge on any atom is 0.321 e. The zero-order valence-electron chi connectivity index (χ0n) is 14.7. The third-order valence-electron chi connectivity index (χ3n) is 1.83. The molecule has 0 fully saturated rings. The van der Waals surface area contributed by atoms with Gasteiger partial charge in [-0.2, -0.15) is 0 Å². The van der Waals surface area contributed by atoms with E-state index in [2.05, 4.69) is 22.9 Å². The van der Waals surface area contributed by atoms with Gasteiger partial charge in [0.2, 0.25) is 11.8 Å². The molecule has 0 rings (SSSR count). The molecule has 2 atom stereocenters. The Morgan fingerprint density at radius 3 is 0.821 bits per heavy atom. The van der Waals surface area contributed by atoms with Gasteiger partial charge in [0, 0.05) is 0 Å². The van der Waals surface area contributed by atoms with Gasteiger partial charge in [-0.25, -0.2) is 0 Å². The molecule has 0 aromatic rings. The third kappa shape index (κ3) is 38.3. The van der Waals surface area contributed by atoms with Gasteiger partial charge in [-0.15, -0.1) is 0 Å². The lowest BCUT2D eigenvalue weighted by atomic mass is 10.2. The third-order valence-corrected chi connectivity index (χ3v) is 1.83. The fraction of sp³-hybridized carbons (Fsp3) is 0.500. The lowest BCUT2D eigenvalue weighted by Gasteiger charge is -1.99. The molecule has 0 aromatic carbocycles. The van der Waals surface area contributed by atoms with E-state index in [1.165, 1.54) is 0 Å². The highest BCUT2D eigenvalue weighted by atomic mass is 16.4. The summed E-state index contributed by atoms with van der Waals surface area (Å²) >= 11 is 0. The van der Waals surface area contributed by atoms with Gasteiger partial charge < -0.3 is 54.8 Å². The summed E-state index contributed by atoms with van der Waals surface area (Å²) in [6, 6.07) is -2.33. The molecule has 0 aromatic heterocycles. The zero-order chi connectivity index (χ0) is 23.4. The molecule has 28 heavy (non-hydrogen) atoms. The highest BCUT2D eigenvalue weighted by molar-refractivity contribution is 5.83. The first-order chi connectivity index (χ1) is 12.6. The topological polar surface area (TPSA) is 339 Å². The van der Waals surface area contributed by atoms with E-state index < -0.39 is 47.8 Å². The number of carboxylic acid groups (broad SMARTS) is 4. The SMILES string of the molecule is NC(=O)C[C@H](N)C(=O)O.NC(=O)C[C@H](N)C(=O)O.NCC(=O)O.NCC(=O)O. The van der Waals surface area contributed by atoms with E-state index in [1.807, 2.05) is 0 Å². The van der Waals surface area contributed by atoms with E-state index in [4.69, 9.17) is 31.9 Å². The summed E-state index contributed by atoms with van der Waals surface area (Å²) in [7, 11) is 0. The molecule has 0 saturated carbocycles. The van der Waals surface area contributed by atoms with Gasteiger partial charge >= 0.3 is 23.9 Å². The molecule has 164 valence electrons. The minimum absolute atomic E-state index is 0.278. The van der Waals surface area contributed by atoms with Gasteiger partial charge in [-0.3, -0.25) is 28.8 Å². The van der Waals surface area contributed by atoms with Gasteiger partial charge in [0.1, 0.15) is 12.1 Å². The number of carboxylic acids is 4. The number of hydrogen-bond donors (Lipinski definition) is 10. The molecular formula is C12H26N6O10. The lowest BCUT2D eigenvalue weighted by Crippen LogP contribution is -2.34. The van der Waals surface area contributed by atoms with Crippen LogP contribution in [-0.4, -0.2) is 81.3 Å². The number of amides is 2. The molecule has 0 heterocycles. The second-order valence-electron chi connectivity index (χ2n) is 4.43. The first-order valence-corrected chi connectivity index (χ1v) is 6.99. The van der Waals surface area contributed by atoms with Crippen LogP contribution in [0.4, 0.5) is 0 Å². The van der Waals surface area contributed by atoms with Crippen LogP contribution in [0, 0.1) is 0 Å². The highest BCUT2D eigenvalue weighted by Gasteiger charge is 2.13. The normalized spacial score (nSPS) is 10.7. The Morgan fingerprint density at radius 1 is 0.607 bits per heavy atom. The number of carbonyl (C=O) groups is 6. The van der Waals surface area contributed by atoms with Gasteiger partial charge in [-0.05, 0) is 0 Å². The van der Waals surface area contributed by atoms with E-state index in [9.17, 15) is 28.8 Å². The quantitative estimate of drug-likeness (QED) is 0.177. The monoisotopic (exact) mass is 414 g/mol. The molecule has 0 bridgehead atoms. The summed E-state index contributed by atoms with van der Waals surface area (Å²) in [4.78, 5) is 58.3. The zero-order valence-corrected chi connectivity index (χ0v) is 14.7. The van der Waals surface area contributed by atoms with Crippen molar-refractivity contribution < 1.29 is 49.2 Å². The molecule has 16 heteroatoms. The molecule has 0 unspecified atom stereocenters. The fourth-order valence-electron chi connectivity index (χ4n) is 0.608. The lowest BCUT2D eigenvalue weighted by molar-refractivity contribution is -0.140. The van der Waals surface area contributed by atoms with Gasteiger partial charge in [0.25, 0.3) is 0 Å². The second kappa shape index (κ2) is 20.0. The molecule has 0 aliphatic heterocycles. The highest BCUT2D eigenvalue weighted by Crippen LogP contribution is 1.85. The van der Waals surface area contributed by atoms with E-state index in [-0.39, 0.29) is 25.9 Å². The maximum absolute atomic E-state index is 9.99. The number of nitrogens with two attached hydrogens (primary N) is 6. The molecule has 0 aliphatic carbocycles. The Kier molecular flexibility index (Phi) is 23.1.